The van der Waals surface area contributed by atoms with Gasteiger partial charge in [0.1, 0.15) is 5.76 Å². The molecule has 0 radical (unpaired) electrons. The van der Waals surface area contributed by atoms with Crippen LogP contribution in [0.1, 0.15) is 26.0 Å². The van der Waals surface area contributed by atoms with Gasteiger partial charge in [0.15, 0.2) is 5.78 Å². The molecule has 0 aliphatic carbocycles. The number of carbonyl (C=O) groups excluding carboxylic acids is 2. The van der Waals surface area contributed by atoms with Crippen LogP contribution in [0.25, 0.3) is 0 Å². The first kappa shape index (κ1) is 10.9. The van der Waals surface area contributed by atoms with Crippen molar-refractivity contribution in [2.45, 2.75) is 32.2 Å². The molecule has 2 rings (SSSR count). The van der Waals surface area contributed by atoms with Gasteiger partial charge in [-0.15, -0.1) is 0 Å². The first-order chi connectivity index (χ1) is 7.51. The third-order valence-electron chi connectivity index (χ3n) is 3.13. The third-order valence-corrected chi connectivity index (χ3v) is 3.13. The van der Waals surface area contributed by atoms with Gasteiger partial charge in [0, 0.05) is 13.0 Å². The number of amides is 1. The van der Waals surface area contributed by atoms with Crippen LogP contribution in [0.4, 0.5) is 0 Å². The number of hydrogen-bond donors (Lipinski definition) is 0. The lowest BCUT2D eigenvalue weighted by molar-refractivity contribution is -0.138. The van der Waals surface area contributed by atoms with Gasteiger partial charge in [-0.05, 0) is 26.0 Å². The predicted molar refractivity (Wildman–Crippen MR) is 57.8 cm³/mol. The summed E-state index contributed by atoms with van der Waals surface area (Å²) in [7, 11) is 0. The van der Waals surface area contributed by atoms with Crippen molar-refractivity contribution in [2.75, 3.05) is 6.54 Å². The molecule has 1 amide bonds. The summed E-state index contributed by atoms with van der Waals surface area (Å²) in [6, 6.07) is 3.52. The van der Waals surface area contributed by atoms with Crippen LogP contribution in [0.3, 0.4) is 0 Å². The molecule has 0 bridgehead atoms. The Morgan fingerprint density at radius 3 is 2.81 bits per heavy atom. The molecule has 1 fully saturated rings. The molecule has 0 spiro atoms. The number of Topliss-reactive ketones (excluding diaryl/α,β-unsaturated/α-hetero) is 1. The molecule has 0 N–H and O–H groups in total. The Morgan fingerprint density at radius 2 is 2.31 bits per heavy atom. The molecule has 1 aromatic rings. The van der Waals surface area contributed by atoms with Crippen LogP contribution < -0.4 is 0 Å². The van der Waals surface area contributed by atoms with Crippen LogP contribution in [-0.2, 0) is 16.0 Å². The van der Waals surface area contributed by atoms with Crippen LogP contribution in [0.2, 0.25) is 0 Å². The maximum Gasteiger partial charge on any atom is 0.231 e. The number of furan rings is 1. The van der Waals surface area contributed by atoms with E-state index in [2.05, 4.69) is 0 Å². The summed E-state index contributed by atoms with van der Waals surface area (Å²) < 4.78 is 5.13. The first-order valence-corrected chi connectivity index (χ1v) is 5.38. The molecule has 1 aromatic heterocycles. The van der Waals surface area contributed by atoms with Crippen LogP contribution in [0, 0.1) is 0 Å². The normalized spacial score (nSPS) is 19.1. The average Bonchev–Trinajstić information content (AvgIpc) is 2.77. The van der Waals surface area contributed by atoms with E-state index in [1.54, 1.807) is 37.1 Å². The number of ketones is 1. The van der Waals surface area contributed by atoms with Gasteiger partial charge < -0.3 is 9.32 Å². The fourth-order valence-electron chi connectivity index (χ4n) is 2.04. The van der Waals surface area contributed by atoms with Gasteiger partial charge in [0.05, 0.1) is 18.2 Å². The highest BCUT2D eigenvalue weighted by Crippen LogP contribution is 2.25. The van der Waals surface area contributed by atoms with Crippen molar-refractivity contribution < 1.29 is 14.0 Å². The van der Waals surface area contributed by atoms with E-state index >= 15 is 0 Å². The van der Waals surface area contributed by atoms with Crippen molar-refractivity contribution in [3.63, 3.8) is 0 Å². The van der Waals surface area contributed by atoms with Crippen LogP contribution >= 0.6 is 0 Å². The lowest BCUT2D eigenvalue weighted by Crippen LogP contribution is -2.46. The molecule has 1 saturated heterocycles. The maximum atomic E-state index is 12.0. The molecule has 1 aliphatic rings. The Morgan fingerprint density at radius 1 is 1.56 bits per heavy atom. The molecule has 4 nitrogen and oxygen atoms in total. The zero-order valence-corrected chi connectivity index (χ0v) is 9.53. The summed E-state index contributed by atoms with van der Waals surface area (Å²) in [4.78, 5) is 25.2. The monoisotopic (exact) mass is 221 g/mol. The van der Waals surface area contributed by atoms with E-state index in [1.165, 1.54) is 0 Å². The van der Waals surface area contributed by atoms with Gasteiger partial charge in [0.2, 0.25) is 5.91 Å². The van der Waals surface area contributed by atoms with Gasteiger partial charge >= 0.3 is 0 Å². The molecule has 0 saturated carbocycles. The van der Waals surface area contributed by atoms with Crippen molar-refractivity contribution >= 4 is 11.7 Å². The molecule has 86 valence electrons. The topological polar surface area (TPSA) is 50.5 Å². The number of carbonyl (C=O) groups is 2. The fourth-order valence-corrected chi connectivity index (χ4v) is 2.04. The number of likely N-dealkylation sites (tertiary alicyclic amines) is 1. The number of nitrogens with zero attached hydrogens (tertiary/aromatic N) is 1. The molecular formula is C12H15NO3. The first-order valence-electron chi connectivity index (χ1n) is 5.38. The molecule has 1 aliphatic heterocycles. The zero-order chi connectivity index (χ0) is 11.8. The van der Waals surface area contributed by atoms with Crippen molar-refractivity contribution in [3.8, 4) is 0 Å². The largest absolute Gasteiger partial charge is 0.469 e. The lowest BCUT2D eigenvalue weighted by atomic mass is 10.0. The highest BCUT2D eigenvalue weighted by molar-refractivity contribution is 5.95. The summed E-state index contributed by atoms with van der Waals surface area (Å²) in [6.45, 7) is 4.11. The van der Waals surface area contributed by atoms with Gasteiger partial charge in [-0.3, -0.25) is 9.59 Å². The highest BCUT2D eigenvalue weighted by Gasteiger charge is 2.42. The molecule has 4 heteroatoms. The second-order valence-electron chi connectivity index (χ2n) is 4.53. The fraction of sp³-hybridized carbons (Fsp3) is 0.500. The number of rotatable bonds is 2. The summed E-state index contributed by atoms with van der Waals surface area (Å²) in [5.41, 5.74) is -0.663. The van der Waals surface area contributed by atoms with Gasteiger partial charge in [-0.1, -0.05) is 0 Å². The summed E-state index contributed by atoms with van der Waals surface area (Å²) in [5, 5.41) is 0. The SMILES string of the molecule is CC1(C)C(=O)CCN1C(=O)Cc1ccco1. The smallest absolute Gasteiger partial charge is 0.231 e. The van der Waals surface area contributed by atoms with Crippen molar-refractivity contribution in [1.29, 1.82) is 0 Å². The van der Waals surface area contributed by atoms with E-state index in [1.807, 2.05) is 0 Å². The molecule has 0 atom stereocenters. The van der Waals surface area contributed by atoms with E-state index in [4.69, 9.17) is 4.42 Å². The molecule has 2 heterocycles. The van der Waals surface area contributed by atoms with Gasteiger partial charge in [-0.25, -0.2) is 0 Å². The summed E-state index contributed by atoms with van der Waals surface area (Å²) >= 11 is 0. The van der Waals surface area contributed by atoms with E-state index < -0.39 is 5.54 Å². The average molecular weight is 221 g/mol. The minimum absolute atomic E-state index is 0.0502. The van der Waals surface area contributed by atoms with Gasteiger partial charge in [-0.2, -0.15) is 0 Å². The van der Waals surface area contributed by atoms with E-state index in [-0.39, 0.29) is 18.1 Å². The van der Waals surface area contributed by atoms with Crippen molar-refractivity contribution in [3.05, 3.63) is 24.2 Å². The van der Waals surface area contributed by atoms with Crippen molar-refractivity contribution in [2.24, 2.45) is 0 Å². The Kier molecular flexibility index (Phi) is 2.58. The molecule has 16 heavy (non-hydrogen) atoms. The Hall–Kier alpha value is -1.58. The predicted octanol–water partition coefficient (Wildman–Crippen LogP) is 1.40. The van der Waals surface area contributed by atoms with E-state index in [9.17, 15) is 9.59 Å². The standard InChI is InChI=1S/C12H15NO3/c1-12(2)10(14)5-6-13(12)11(15)8-9-4-3-7-16-9/h3-4,7H,5-6,8H2,1-2H3. The lowest BCUT2D eigenvalue weighted by Gasteiger charge is -2.29. The molecule has 0 unspecified atom stereocenters. The second-order valence-corrected chi connectivity index (χ2v) is 4.53. The highest BCUT2D eigenvalue weighted by atomic mass is 16.3. The zero-order valence-electron chi connectivity index (χ0n) is 9.53. The second kappa shape index (κ2) is 3.77. The minimum atomic E-state index is -0.663. The van der Waals surface area contributed by atoms with E-state index in [0.717, 1.165) is 0 Å². The molecular weight excluding hydrogens is 206 g/mol. The third kappa shape index (κ3) is 1.75. The van der Waals surface area contributed by atoms with Crippen LogP contribution in [-0.4, -0.2) is 28.7 Å². The quantitative estimate of drug-likeness (QED) is 0.758. The Balaban J connectivity index is 2.09. The maximum absolute atomic E-state index is 12.0. The summed E-state index contributed by atoms with van der Waals surface area (Å²) in [6.07, 6.45) is 2.23. The summed E-state index contributed by atoms with van der Waals surface area (Å²) in [5.74, 6) is 0.714. The van der Waals surface area contributed by atoms with Gasteiger partial charge in [0.25, 0.3) is 0 Å². The molecule has 0 aromatic carbocycles. The Labute approximate surface area is 94.2 Å². The van der Waals surface area contributed by atoms with Crippen molar-refractivity contribution in [1.82, 2.24) is 4.90 Å². The number of hydrogen-bond acceptors (Lipinski definition) is 3. The Bertz CT molecular complexity index is 406. The minimum Gasteiger partial charge on any atom is -0.469 e. The van der Waals surface area contributed by atoms with E-state index in [0.29, 0.717) is 18.7 Å². The van der Waals surface area contributed by atoms with Crippen LogP contribution in [0.5, 0.6) is 0 Å². The van der Waals surface area contributed by atoms with Crippen LogP contribution in [0.15, 0.2) is 22.8 Å².